The summed E-state index contributed by atoms with van der Waals surface area (Å²) < 4.78 is 5.71. The van der Waals surface area contributed by atoms with Crippen molar-refractivity contribution in [3.05, 3.63) is 65.7 Å². The molecule has 2 aromatic rings. The van der Waals surface area contributed by atoms with Gasteiger partial charge in [-0.25, -0.2) is 0 Å². The van der Waals surface area contributed by atoms with Crippen LogP contribution in [0.5, 0.6) is 5.75 Å². The normalized spacial score (nSPS) is 10.2. The summed E-state index contributed by atoms with van der Waals surface area (Å²) in [6, 6.07) is 19.8. The van der Waals surface area contributed by atoms with Crippen molar-refractivity contribution in [3.8, 4) is 11.8 Å². The minimum absolute atomic E-state index is 0.448. The first-order chi connectivity index (χ1) is 10.4. The minimum atomic E-state index is 0.448. The number of nitrogens with zero attached hydrogens (tertiary/aromatic N) is 2. The van der Waals surface area contributed by atoms with Gasteiger partial charge in [0.15, 0.2) is 0 Å². The molecule has 0 amide bonds. The van der Waals surface area contributed by atoms with Gasteiger partial charge in [0.2, 0.25) is 0 Å². The highest BCUT2D eigenvalue weighted by Gasteiger charge is 1.95. The second-order valence-corrected chi connectivity index (χ2v) is 4.42. The number of nitrogens with one attached hydrogen (secondary N) is 1. The fraction of sp³-hybridized carbons (Fsp3) is 0.176. The van der Waals surface area contributed by atoms with Crippen molar-refractivity contribution in [1.29, 1.82) is 5.26 Å². The summed E-state index contributed by atoms with van der Waals surface area (Å²) >= 11 is 0. The van der Waals surface area contributed by atoms with Crippen LogP contribution < -0.4 is 10.2 Å². The van der Waals surface area contributed by atoms with E-state index in [1.807, 2.05) is 60.7 Å². The van der Waals surface area contributed by atoms with Crippen molar-refractivity contribution >= 4 is 6.21 Å². The first-order valence-corrected chi connectivity index (χ1v) is 6.78. The molecule has 0 fully saturated rings. The van der Waals surface area contributed by atoms with E-state index in [1.165, 1.54) is 0 Å². The van der Waals surface area contributed by atoms with Crippen molar-refractivity contribution in [2.45, 2.75) is 13.0 Å². The lowest BCUT2D eigenvalue weighted by Crippen LogP contribution is -2.06. The van der Waals surface area contributed by atoms with Gasteiger partial charge >= 0.3 is 0 Å². The van der Waals surface area contributed by atoms with E-state index in [0.717, 1.165) is 16.9 Å². The van der Waals surface area contributed by atoms with Gasteiger partial charge in [-0.05, 0) is 35.4 Å². The van der Waals surface area contributed by atoms with Gasteiger partial charge in [0.05, 0.1) is 18.7 Å². The molecule has 2 aromatic carbocycles. The van der Waals surface area contributed by atoms with Crippen LogP contribution in [0.2, 0.25) is 0 Å². The van der Waals surface area contributed by atoms with Crippen LogP contribution in [0.3, 0.4) is 0 Å². The lowest BCUT2D eigenvalue weighted by molar-refractivity contribution is 0.306. The van der Waals surface area contributed by atoms with E-state index in [9.17, 15) is 0 Å². The Bertz CT molecular complexity index is 600. The van der Waals surface area contributed by atoms with Crippen molar-refractivity contribution in [2.24, 2.45) is 5.10 Å². The summed E-state index contributed by atoms with van der Waals surface area (Å²) in [5.74, 6) is 0.827. The standard InChI is InChI=1S/C17H17N3O/c18-11-4-12-19-20-13-15-7-9-17(10-8-15)21-14-16-5-2-1-3-6-16/h1-3,5-10,13,19H,4,12,14H2/b20-13+. The molecule has 0 saturated carbocycles. The maximum absolute atomic E-state index is 8.39. The van der Waals surface area contributed by atoms with Gasteiger partial charge in [-0.1, -0.05) is 30.3 Å². The van der Waals surface area contributed by atoms with Crippen LogP contribution in [0, 0.1) is 11.3 Å². The molecule has 106 valence electrons. The maximum Gasteiger partial charge on any atom is 0.119 e. The molecule has 0 unspecified atom stereocenters. The van der Waals surface area contributed by atoms with E-state index in [-0.39, 0.29) is 0 Å². The van der Waals surface area contributed by atoms with Gasteiger partial charge in [-0.3, -0.25) is 0 Å². The molecule has 21 heavy (non-hydrogen) atoms. The van der Waals surface area contributed by atoms with Crippen LogP contribution in [0.1, 0.15) is 17.5 Å². The number of hydrogen-bond donors (Lipinski definition) is 1. The van der Waals surface area contributed by atoms with E-state index in [0.29, 0.717) is 19.6 Å². The van der Waals surface area contributed by atoms with Crippen LogP contribution >= 0.6 is 0 Å². The lowest BCUT2D eigenvalue weighted by Gasteiger charge is -2.06. The van der Waals surface area contributed by atoms with Gasteiger partial charge in [-0.15, -0.1) is 0 Å². The third-order valence-corrected chi connectivity index (χ3v) is 2.78. The predicted octanol–water partition coefficient (Wildman–Crippen LogP) is 3.10. The highest BCUT2D eigenvalue weighted by Crippen LogP contribution is 2.13. The molecule has 0 spiro atoms. The van der Waals surface area contributed by atoms with Gasteiger partial charge in [-0.2, -0.15) is 10.4 Å². The highest BCUT2D eigenvalue weighted by molar-refractivity contribution is 5.79. The lowest BCUT2D eigenvalue weighted by atomic mass is 10.2. The number of nitriles is 1. The summed E-state index contributed by atoms with van der Waals surface area (Å²) in [5.41, 5.74) is 4.93. The molecule has 0 aliphatic heterocycles. The SMILES string of the molecule is N#CCCN/N=C/c1ccc(OCc2ccccc2)cc1. The third kappa shape index (κ3) is 5.37. The second kappa shape index (κ2) is 8.39. The first kappa shape index (κ1) is 14.6. The third-order valence-electron chi connectivity index (χ3n) is 2.78. The Kier molecular flexibility index (Phi) is 5.83. The van der Waals surface area contributed by atoms with E-state index in [2.05, 4.69) is 10.5 Å². The van der Waals surface area contributed by atoms with E-state index >= 15 is 0 Å². The Morgan fingerprint density at radius 2 is 1.86 bits per heavy atom. The quantitative estimate of drug-likeness (QED) is 0.481. The van der Waals surface area contributed by atoms with Crippen LogP contribution in [-0.4, -0.2) is 12.8 Å². The summed E-state index contributed by atoms with van der Waals surface area (Å²) in [6.45, 7) is 1.12. The minimum Gasteiger partial charge on any atom is -0.489 e. The first-order valence-electron chi connectivity index (χ1n) is 6.78. The Morgan fingerprint density at radius 3 is 2.57 bits per heavy atom. The number of rotatable bonds is 7. The summed E-state index contributed by atoms with van der Waals surface area (Å²) in [4.78, 5) is 0. The maximum atomic E-state index is 8.39. The molecule has 2 rings (SSSR count). The number of benzene rings is 2. The zero-order valence-electron chi connectivity index (χ0n) is 11.7. The number of hydrogen-bond acceptors (Lipinski definition) is 4. The zero-order valence-corrected chi connectivity index (χ0v) is 11.7. The van der Waals surface area contributed by atoms with Gasteiger partial charge in [0, 0.05) is 6.54 Å². The second-order valence-electron chi connectivity index (χ2n) is 4.42. The average Bonchev–Trinajstić information content (AvgIpc) is 2.55. The summed E-state index contributed by atoms with van der Waals surface area (Å²) in [5, 5.41) is 12.4. The highest BCUT2D eigenvalue weighted by atomic mass is 16.5. The van der Waals surface area contributed by atoms with E-state index < -0.39 is 0 Å². The summed E-state index contributed by atoms with van der Waals surface area (Å²) in [7, 11) is 0. The fourth-order valence-corrected chi connectivity index (χ4v) is 1.69. The Balaban J connectivity index is 1.80. The van der Waals surface area contributed by atoms with Crippen molar-refractivity contribution in [1.82, 2.24) is 5.43 Å². The Morgan fingerprint density at radius 1 is 1.10 bits per heavy atom. The molecular formula is C17H17N3O. The number of hydrazone groups is 1. The average molecular weight is 279 g/mol. The molecular weight excluding hydrogens is 262 g/mol. The fourth-order valence-electron chi connectivity index (χ4n) is 1.69. The van der Waals surface area contributed by atoms with Crippen LogP contribution in [0.25, 0.3) is 0 Å². The Labute approximate surface area is 124 Å². The smallest absolute Gasteiger partial charge is 0.119 e. The molecule has 0 aliphatic carbocycles. The monoisotopic (exact) mass is 279 g/mol. The van der Waals surface area contributed by atoms with Crippen molar-refractivity contribution < 1.29 is 4.74 Å². The van der Waals surface area contributed by atoms with Gasteiger partial charge < -0.3 is 10.2 Å². The van der Waals surface area contributed by atoms with E-state index in [1.54, 1.807) is 6.21 Å². The molecule has 4 nitrogen and oxygen atoms in total. The van der Waals surface area contributed by atoms with Crippen molar-refractivity contribution in [2.75, 3.05) is 6.54 Å². The van der Waals surface area contributed by atoms with Crippen molar-refractivity contribution in [3.63, 3.8) is 0 Å². The molecule has 0 bridgehead atoms. The van der Waals surface area contributed by atoms with Gasteiger partial charge in [0.1, 0.15) is 12.4 Å². The van der Waals surface area contributed by atoms with E-state index in [4.69, 9.17) is 10.00 Å². The van der Waals surface area contributed by atoms with Crippen LogP contribution in [0.15, 0.2) is 59.7 Å². The van der Waals surface area contributed by atoms with Gasteiger partial charge in [0.25, 0.3) is 0 Å². The largest absolute Gasteiger partial charge is 0.489 e. The molecule has 1 N–H and O–H groups in total. The molecule has 0 saturated heterocycles. The Hall–Kier alpha value is -2.80. The van der Waals surface area contributed by atoms with Crippen LogP contribution in [-0.2, 0) is 6.61 Å². The molecule has 4 heteroatoms. The predicted molar refractivity (Wildman–Crippen MR) is 83.0 cm³/mol. The molecule has 0 aromatic heterocycles. The molecule has 0 aliphatic rings. The number of ether oxygens (including phenoxy) is 1. The molecule has 0 radical (unpaired) electrons. The molecule has 0 heterocycles. The topological polar surface area (TPSA) is 57.4 Å². The zero-order chi connectivity index (χ0) is 14.8. The molecule has 0 atom stereocenters. The van der Waals surface area contributed by atoms with Crippen LogP contribution in [0.4, 0.5) is 0 Å². The summed E-state index contributed by atoms with van der Waals surface area (Å²) in [6.07, 6.45) is 2.17.